The first-order valence-electron chi connectivity index (χ1n) is 6.80. The molecule has 6 nitrogen and oxygen atoms in total. The number of aromatic nitrogens is 1. The van der Waals surface area contributed by atoms with Crippen molar-refractivity contribution in [1.29, 1.82) is 0 Å². The van der Waals surface area contributed by atoms with Crippen LogP contribution in [0.25, 0.3) is 10.8 Å². The van der Waals surface area contributed by atoms with Gasteiger partial charge in [-0.1, -0.05) is 6.07 Å². The number of nitrogens with one attached hydrogen (secondary N) is 1. The summed E-state index contributed by atoms with van der Waals surface area (Å²) >= 11 is 1.53. The number of imide groups is 1. The average Bonchev–Trinajstić information content (AvgIpc) is 3.12. The number of thiophene rings is 1. The van der Waals surface area contributed by atoms with E-state index in [1.807, 2.05) is 17.5 Å². The Bertz CT molecular complexity index is 703. The highest BCUT2D eigenvalue weighted by molar-refractivity contribution is 7.13. The molecular formula is C14H13N3O3S. The van der Waals surface area contributed by atoms with Gasteiger partial charge in [0.1, 0.15) is 11.8 Å². The van der Waals surface area contributed by atoms with Crippen LogP contribution >= 0.6 is 11.3 Å². The highest BCUT2D eigenvalue weighted by Crippen LogP contribution is 2.37. The van der Waals surface area contributed by atoms with Gasteiger partial charge in [0, 0.05) is 0 Å². The van der Waals surface area contributed by atoms with E-state index in [0.29, 0.717) is 11.6 Å². The standard InChI is InChI=1S/C14H13N3O3S/c18-12-14(4-2-5-14)16-13(19)17(12)7-9-8-20-11(15-9)10-3-1-6-21-10/h1,3,6,8H,2,4-5,7H2,(H,16,19). The van der Waals surface area contributed by atoms with Crippen LogP contribution in [0.4, 0.5) is 4.79 Å². The molecule has 2 aliphatic rings. The maximum absolute atomic E-state index is 12.3. The van der Waals surface area contributed by atoms with Crippen LogP contribution in [-0.4, -0.2) is 27.4 Å². The molecule has 108 valence electrons. The van der Waals surface area contributed by atoms with Crippen LogP contribution in [0, 0.1) is 0 Å². The van der Waals surface area contributed by atoms with Crippen molar-refractivity contribution in [1.82, 2.24) is 15.2 Å². The fourth-order valence-electron chi connectivity index (χ4n) is 2.74. The Morgan fingerprint density at radius 2 is 2.29 bits per heavy atom. The second-order valence-corrected chi connectivity index (χ2v) is 6.33. The van der Waals surface area contributed by atoms with E-state index in [2.05, 4.69) is 10.3 Å². The van der Waals surface area contributed by atoms with Crippen LogP contribution in [0.2, 0.25) is 0 Å². The lowest BCUT2D eigenvalue weighted by atomic mass is 9.77. The molecule has 21 heavy (non-hydrogen) atoms. The number of nitrogens with zero attached hydrogens (tertiary/aromatic N) is 2. The second-order valence-electron chi connectivity index (χ2n) is 5.38. The zero-order chi connectivity index (χ0) is 14.4. The number of rotatable bonds is 3. The first-order chi connectivity index (χ1) is 10.2. The number of urea groups is 1. The van der Waals surface area contributed by atoms with Crippen molar-refractivity contribution in [3.05, 3.63) is 29.5 Å². The Hall–Kier alpha value is -2.15. The van der Waals surface area contributed by atoms with Crippen molar-refractivity contribution in [2.45, 2.75) is 31.3 Å². The van der Waals surface area contributed by atoms with Gasteiger partial charge < -0.3 is 9.73 Å². The van der Waals surface area contributed by atoms with Gasteiger partial charge in [-0.15, -0.1) is 11.3 Å². The topological polar surface area (TPSA) is 75.4 Å². The second kappa shape index (κ2) is 4.42. The lowest BCUT2D eigenvalue weighted by Crippen LogP contribution is -2.52. The summed E-state index contributed by atoms with van der Waals surface area (Å²) in [6, 6.07) is 3.50. The summed E-state index contributed by atoms with van der Waals surface area (Å²) in [5, 5.41) is 4.74. The Balaban J connectivity index is 1.54. The number of hydrogen-bond donors (Lipinski definition) is 1. The van der Waals surface area contributed by atoms with Gasteiger partial charge in [0.15, 0.2) is 0 Å². The zero-order valence-corrected chi connectivity index (χ0v) is 12.0. The molecule has 2 fully saturated rings. The lowest BCUT2D eigenvalue weighted by molar-refractivity contribution is -0.134. The molecule has 1 saturated heterocycles. The lowest BCUT2D eigenvalue weighted by Gasteiger charge is -2.34. The number of hydrogen-bond acceptors (Lipinski definition) is 5. The van der Waals surface area contributed by atoms with Gasteiger partial charge in [0.2, 0.25) is 5.89 Å². The predicted octanol–water partition coefficient (Wildman–Crippen LogP) is 2.38. The largest absolute Gasteiger partial charge is 0.443 e. The molecule has 4 rings (SSSR count). The molecule has 2 aromatic rings. The molecule has 0 aromatic carbocycles. The molecule has 0 unspecified atom stereocenters. The number of amides is 3. The third-order valence-electron chi connectivity index (χ3n) is 4.06. The van der Waals surface area contributed by atoms with Gasteiger partial charge in [0.25, 0.3) is 5.91 Å². The summed E-state index contributed by atoms with van der Waals surface area (Å²) in [7, 11) is 0. The summed E-state index contributed by atoms with van der Waals surface area (Å²) in [4.78, 5) is 30.8. The van der Waals surface area contributed by atoms with Crippen LogP contribution in [0.3, 0.4) is 0 Å². The molecule has 0 radical (unpaired) electrons. The van der Waals surface area contributed by atoms with Crippen LogP contribution < -0.4 is 5.32 Å². The van der Waals surface area contributed by atoms with Crippen LogP contribution in [0.15, 0.2) is 28.2 Å². The molecule has 1 spiro atoms. The van der Waals surface area contributed by atoms with Gasteiger partial charge in [-0.3, -0.25) is 9.69 Å². The number of oxazole rings is 1. The molecule has 1 N–H and O–H groups in total. The third-order valence-corrected chi connectivity index (χ3v) is 4.91. The minimum Gasteiger partial charge on any atom is -0.443 e. The highest BCUT2D eigenvalue weighted by Gasteiger charge is 2.54. The van der Waals surface area contributed by atoms with Gasteiger partial charge in [-0.05, 0) is 30.7 Å². The maximum atomic E-state index is 12.3. The molecule has 3 amide bonds. The van der Waals surface area contributed by atoms with Gasteiger partial charge in [0.05, 0.1) is 17.1 Å². The van der Waals surface area contributed by atoms with Crippen LogP contribution in [0.5, 0.6) is 0 Å². The predicted molar refractivity (Wildman–Crippen MR) is 75.5 cm³/mol. The molecule has 1 saturated carbocycles. The van der Waals surface area contributed by atoms with Crippen molar-refractivity contribution in [3.8, 4) is 10.8 Å². The molecule has 1 aliphatic carbocycles. The highest BCUT2D eigenvalue weighted by atomic mass is 32.1. The molecule has 7 heteroatoms. The van der Waals surface area contributed by atoms with E-state index in [1.54, 1.807) is 0 Å². The first kappa shape index (κ1) is 12.6. The van der Waals surface area contributed by atoms with E-state index in [4.69, 9.17) is 4.42 Å². The van der Waals surface area contributed by atoms with Gasteiger partial charge in [-0.2, -0.15) is 0 Å². The van der Waals surface area contributed by atoms with Crippen molar-refractivity contribution in [2.75, 3.05) is 0 Å². The minimum atomic E-state index is -0.641. The molecule has 3 heterocycles. The van der Waals surface area contributed by atoms with Crippen molar-refractivity contribution >= 4 is 23.3 Å². The Morgan fingerprint density at radius 1 is 1.43 bits per heavy atom. The Morgan fingerprint density at radius 3 is 2.90 bits per heavy atom. The molecule has 2 aromatic heterocycles. The van der Waals surface area contributed by atoms with Crippen LogP contribution in [0.1, 0.15) is 25.0 Å². The van der Waals surface area contributed by atoms with Crippen molar-refractivity contribution < 1.29 is 14.0 Å². The average molecular weight is 303 g/mol. The summed E-state index contributed by atoms with van der Waals surface area (Å²) in [6.07, 6.45) is 3.94. The summed E-state index contributed by atoms with van der Waals surface area (Å²) in [5.41, 5.74) is -0.0597. The smallest absolute Gasteiger partial charge is 0.325 e. The molecule has 0 bridgehead atoms. The van der Waals surface area contributed by atoms with Crippen molar-refractivity contribution in [3.63, 3.8) is 0 Å². The fraction of sp³-hybridized carbons (Fsp3) is 0.357. The maximum Gasteiger partial charge on any atom is 0.325 e. The van der Waals surface area contributed by atoms with Gasteiger partial charge in [-0.25, -0.2) is 9.78 Å². The van der Waals surface area contributed by atoms with Crippen LogP contribution in [-0.2, 0) is 11.3 Å². The number of carbonyl (C=O) groups is 2. The number of carbonyl (C=O) groups excluding carboxylic acids is 2. The minimum absolute atomic E-state index is 0.139. The zero-order valence-electron chi connectivity index (χ0n) is 11.2. The Labute approximate surface area is 124 Å². The van der Waals surface area contributed by atoms with Gasteiger partial charge >= 0.3 is 6.03 Å². The third kappa shape index (κ3) is 1.88. The van der Waals surface area contributed by atoms with E-state index in [9.17, 15) is 9.59 Å². The monoisotopic (exact) mass is 303 g/mol. The molecule has 0 atom stereocenters. The fourth-order valence-corrected chi connectivity index (χ4v) is 3.40. The first-order valence-corrected chi connectivity index (χ1v) is 7.68. The summed E-state index contributed by atoms with van der Waals surface area (Å²) in [6.45, 7) is 0.154. The summed E-state index contributed by atoms with van der Waals surface area (Å²) < 4.78 is 5.41. The van der Waals surface area contributed by atoms with E-state index in [-0.39, 0.29) is 18.5 Å². The van der Waals surface area contributed by atoms with E-state index >= 15 is 0 Å². The molecule has 1 aliphatic heterocycles. The van der Waals surface area contributed by atoms with E-state index in [1.165, 1.54) is 22.5 Å². The normalized spacial score (nSPS) is 19.9. The van der Waals surface area contributed by atoms with E-state index in [0.717, 1.165) is 24.1 Å². The quantitative estimate of drug-likeness (QED) is 0.883. The summed E-state index contributed by atoms with van der Waals surface area (Å²) in [5.74, 6) is 0.379. The van der Waals surface area contributed by atoms with E-state index < -0.39 is 5.54 Å². The SMILES string of the molecule is O=C1NC2(CCC2)C(=O)N1Cc1coc(-c2cccs2)n1. The Kier molecular flexibility index (Phi) is 2.65. The molecular weight excluding hydrogens is 290 g/mol. The van der Waals surface area contributed by atoms with Crippen molar-refractivity contribution in [2.24, 2.45) is 0 Å².